The maximum absolute atomic E-state index is 13.7. The van der Waals surface area contributed by atoms with E-state index in [0.29, 0.717) is 11.3 Å². The van der Waals surface area contributed by atoms with Crippen LogP contribution >= 0.6 is 0 Å². The maximum atomic E-state index is 13.7. The fourth-order valence-corrected chi connectivity index (χ4v) is 1.41. The molecule has 0 saturated heterocycles. The average molecular weight is 218 g/mol. The lowest BCUT2D eigenvalue weighted by molar-refractivity contribution is 0.343. The first-order chi connectivity index (χ1) is 7.81. The van der Waals surface area contributed by atoms with Crippen molar-refractivity contribution in [2.24, 2.45) is 0 Å². The largest absolute Gasteiger partial charge is 0.392 e. The van der Waals surface area contributed by atoms with Crippen LogP contribution in [0.1, 0.15) is 5.56 Å². The van der Waals surface area contributed by atoms with Crippen molar-refractivity contribution in [3.63, 3.8) is 0 Å². The van der Waals surface area contributed by atoms with E-state index in [1.54, 1.807) is 42.7 Å². The summed E-state index contributed by atoms with van der Waals surface area (Å²) in [5.41, 5.74) is 1.12. The third-order valence-electron chi connectivity index (χ3n) is 2.14. The Bertz CT molecular complexity index is 492. The Kier molecular flexibility index (Phi) is 3.12. The fraction of sp³-hybridized carbons (Fsp3) is 0.0833. The molecule has 0 saturated carbocycles. The molecule has 3 nitrogen and oxygen atoms in total. The van der Waals surface area contributed by atoms with E-state index in [1.807, 2.05) is 0 Å². The molecule has 82 valence electrons. The molecule has 0 fully saturated rings. The molecule has 0 aliphatic carbocycles. The molecule has 0 unspecified atom stereocenters. The zero-order valence-electron chi connectivity index (χ0n) is 8.55. The van der Waals surface area contributed by atoms with E-state index in [0.717, 1.165) is 0 Å². The van der Waals surface area contributed by atoms with E-state index in [2.05, 4.69) is 5.10 Å². The highest BCUT2D eigenvalue weighted by atomic mass is 19.1. The van der Waals surface area contributed by atoms with Crippen LogP contribution < -0.4 is 0 Å². The Morgan fingerprint density at radius 1 is 1.44 bits per heavy atom. The second-order valence-corrected chi connectivity index (χ2v) is 3.25. The van der Waals surface area contributed by atoms with Crippen molar-refractivity contribution in [2.75, 3.05) is 6.61 Å². The Labute approximate surface area is 92.5 Å². The fourth-order valence-electron chi connectivity index (χ4n) is 1.41. The summed E-state index contributed by atoms with van der Waals surface area (Å²) in [6.07, 6.45) is 6.50. The Morgan fingerprint density at radius 3 is 2.94 bits per heavy atom. The van der Waals surface area contributed by atoms with E-state index in [1.165, 1.54) is 10.7 Å². The molecule has 2 aromatic rings. The third kappa shape index (κ3) is 2.17. The highest BCUT2D eigenvalue weighted by Crippen LogP contribution is 2.15. The number of benzene rings is 1. The summed E-state index contributed by atoms with van der Waals surface area (Å²) in [5.74, 6) is -0.344. The highest BCUT2D eigenvalue weighted by Gasteiger charge is 2.04. The first-order valence-electron chi connectivity index (χ1n) is 4.88. The van der Waals surface area contributed by atoms with Gasteiger partial charge in [0.15, 0.2) is 0 Å². The van der Waals surface area contributed by atoms with Gasteiger partial charge >= 0.3 is 0 Å². The highest BCUT2D eigenvalue weighted by molar-refractivity contribution is 5.52. The summed E-state index contributed by atoms with van der Waals surface area (Å²) in [6.45, 7) is -0.0530. The van der Waals surface area contributed by atoms with Gasteiger partial charge in [0.25, 0.3) is 0 Å². The van der Waals surface area contributed by atoms with Crippen molar-refractivity contribution < 1.29 is 9.50 Å². The van der Waals surface area contributed by atoms with Crippen LogP contribution in [0.2, 0.25) is 0 Å². The standard InChI is InChI=1S/C12H11FN2O/c13-11-9-10(3-1-8-16)4-5-12(11)15-7-2-6-14-15/h1-7,9,16H,8H2/b3-1+. The quantitative estimate of drug-likeness (QED) is 0.855. The van der Waals surface area contributed by atoms with Gasteiger partial charge in [0.1, 0.15) is 11.5 Å². The number of aromatic nitrogens is 2. The number of aliphatic hydroxyl groups excluding tert-OH is 1. The molecule has 4 heteroatoms. The minimum absolute atomic E-state index is 0.0530. The molecule has 0 amide bonds. The Hall–Kier alpha value is -1.94. The van der Waals surface area contributed by atoms with Gasteiger partial charge < -0.3 is 5.11 Å². The van der Waals surface area contributed by atoms with Crippen LogP contribution in [0.15, 0.2) is 42.7 Å². The van der Waals surface area contributed by atoms with Crippen molar-refractivity contribution in [3.05, 3.63) is 54.1 Å². The van der Waals surface area contributed by atoms with Gasteiger partial charge in [0.05, 0.1) is 6.61 Å². The maximum Gasteiger partial charge on any atom is 0.149 e. The second kappa shape index (κ2) is 4.72. The molecular formula is C12H11FN2O. The van der Waals surface area contributed by atoms with Gasteiger partial charge in [-0.15, -0.1) is 0 Å². The van der Waals surface area contributed by atoms with Crippen LogP contribution in [0.25, 0.3) is 11.8 Å². The molecule has 1 aromatic carbocycles. The third-order valence-corrected chi connectivity index (χ3v) is 2.14. The van der Waals surface area contributed by atoms with Crippen molar-refractivity contribution >= 4 is 6.08 Å². The topological polar surface area (TPSA) is 38.0 Å². The van der Waals surface area contributed by atoms with Gasteiger partial charge in [-0.2, -0.15) is 5.10 Å². The smallest absolute Gasteiger partial charge is 0.149 e. The predicted molar refractivity (Wildman–Crippen MR) is 59.6 cm³/mol. The van der Waals surface area contributed by atoms with Crippen LogP contribution in [-0.4, -0.2) is 21.5 Å². The van der Waals surface area contributed by atoms with E-state index in [-0.39, 0.29) is 12.4 Å². The molecule has 2 rings (SSSR count). The van der Waals surface area contributed by atoms with E-state index in [9.17, 15) is 4.39 Å². The van der Waals surface area contributed by atoms with Gasteiger partial charge in [-0.05, 0) is 23.8 Å². The van der Waals surface area contributed by atoms with Crippen LogP contribution in [0, 0.1) is 5.82 Å². The van der Waals surface area contributed by atoms with E-state index < -0.39 is 0 Å². The molecule has 0 spiro atoms. The molecule has 1 heterocycles. The molecule has 0 aliphatic heterocycles. The lowest BCUT2D eigenvalue weighted by Gasteiger charge is -2.03. The molecular weight excluding hydrogens is 207 g/mol. The zero-order valence-corrected chi connectivity index (χ0v) is 8.55. The molecule has 0 aliphatic rings. The average Bonchev–Trinajstić information content (AvgIpc) is 2.80. The van der Waals surface area contributed by atoms with Gasteiger partial charge in [-0.3, -0.25) is 0 Å². The van der Waals surface area contributed by atoms with Crippen molar-refractivity contribution in [1.82, 2.24) is 9.78 Å². The normalized spacial score (nSPS) is 11.1. The summed E-state index contributed by atoms with van der Waals surface area (Å²) >= 11 is 0. The minimum atomic E-state index is -0.344. The number of aliphatic hydroxyl groups is 1. The number of rotatable bonds is 3. The lowest BCUT2D eigenvalue weighted by Crippen LogP contribution is -1.98. The summed E-state index contributed by atoms with van der Waals surface area (Å²) in [6, 6.07) is 6.56. The van der Waals surface area contributed by atoms with Crippen molar-refractivity contribution in [2.45, 2.75) is 0 Å². The van der Waals surface area contributed by atoms with Gasteiger partial charge in [-0.1, -0.05) is 18.2 Å². The zero-order chi connectivity index (χ0) is 11.4. The summed E-state index contributed by atoms with van der Waals surface area (Å²) in [7, 11) is 0. The second-order valence-electron chi connectivity index (χ2n) is 3.25. The lowest BCUT2D eigenvalue weighted by atomic mass is 10.2. The molecule has 1 N–H and O–H groups in total. The first-order valence-corrected chi connectivity index (χ1v) is 4.88. The number of nitrogens with zero attached hydrogens (tertiary/aromatic N) is 2. The summed E-state index contributed by atoms with van der Waals surface area (Å²) < 4.78 is 15.2. The van der Waals surface area contributed by atoms with E-state index in [4.69, 9.17) is 5.11 Å². The Morgan fingerprint density at radius 2 is 2.31 bits per heavy atom. The summed E-state index contributed by atoms with van der Waals surface area (Å²) in [5, 5.41) is 12.6. The van der Waals surface area contributed by atoms with Crippen molar-refractivity contribution in [3.8, 4) is 5.69 Å². The number of halogens is 1. The van der Waals surface area contributed by atoms with Crippen LogP contribution in [-0.2, 0) is 0 Å². The van der Waals surface area contributed by atoms with Crippen LogP contribution in [0.4, 0.5) is 4.39 Å². The molecule has 0 bridgehead atoms. The van der Waals surface area contributed by atoms with Gasteiger partial charge in [-0.25, -0.2) is 9.07 Å². The number of hydrogen-bond donors (Lipinski definition) is 1. The first kappa shape index (κ1) is 10.6. The molecule has 0 radical (unpaired) electrons. The molecule has 1 aromatic heterocycles. The Balaban J connectivity index is 2.34. The predicted octanol–water partition coefficient (Wildman–Crippen LogP) is 2.02. The van der Waals surface area contributed by atoms with Crippen LogP contribution in [0.3, 0.4) is 0 Å². The minimum Gasteiger partial charge on any atom is -0.392 e. The van der Waals surface area contributed by atoms with Gasteiger partial charge in [0, 0.05) is 12.4 Å². The van der Waals surface area contributed by atoms with E-state index >= 15 is 0 Å². The molecule has 0 atom stereocenters. The monoisotopic (exact) mass is 218 g/mol. The van der Waals surface area contributed by atoms with Gasteiger partial charge in [0.2, 0.25) is 0 Å². The summed E-state index contributed by atoms with van der Waals surface area (Å²) in [4.78, 5) is 0. The van der Waals surface area contributed by atoms with Crippen LogP contribution in [0.5, 0.6) is 0 Å². The molecule has 16 heavy (non-hydrogen) atoms. The van der Waals surface area contributed by atoms with Crippen molar-refractivity contribution in [1.29, 1.82) is 0 Å². The SMILES string of the molecule is OC/C=C/c1ccc(-n2cccn2)c(F)c1. The number of hydrogen-bond acceptors (Lipinski definition) is 2.